The van der Waals surface area contributed by atoms with Crippen LogP contribution < -0.4 is 4.72 Å². The number of amides is 2. The first-order chi connectivity index (χ1) is 20.8. The highest BCUT2D eigenvalue weighted by molar-refractivity contribution is 7.91. The van der Waals surface area contributed by atoms with E-state index in [-0.39, 0.29) is 42.6 Å². The van der Waals surface area contributed by atoms with Crippen molar-refractivity contribution in [3.05, 3.63) is 84.2 Å². The monoisotopic (exact) mass is 650 g/mol. The molecule has 0 spiro atoms. The van der Waals surface area contributed by atoms with Gasteiger partial charge in [0.15, 0.2) is 0 Å². The summed E-state index contributed by atoms with van der Waals surface area (Å²) in [5.74, 6) is -0.563. The number of aromatic nitrogens is 1. The number of alkyl halides is 3. The third-order valence-corrected chi connectivity index (χ3v) is 11.1. The molecule has 2 amide bonds. The molecule has 1 N–H and O–H groups in total. The summed E-state index contributed by atoms with van der Waals surface area (Å²) in [6.45, 7) is 0.650. The van der Waals surface area contributed by atoms with Crippen LogP contribution >= 0.6 is 0 Å². The Morgan fingerprint density at radius 2 is 1.50 bits per heavy atom. The van der Waals surface area contributed by atoms with Gasteiger partial charge in [-0.15, -0.1) is 0 Å². The van der Waals surface area contributed by atoms with E-state index in [1.54, 1.807) is 18.2 Å². The molecular formula is C29H29F3N4O6S2. The third kappa shape index (κ3) is 6.49. The summed E-state index contributed by atoms with van der Waals surface area (Å²) in [5, 5.41) is 0. The molecule has 44 heavy (non-hydrogen) atoms. The second-order valence-corrected chi connectivity index (χ2v) is 14.2. The summed E-state index contributed by atoms with van der Waals surface area (Å²) in [6, 6.07) is 10.3. The zero-order valence-electron chi connectivity index (χ0n) is 23.3. The number of benzene rings is 2. The van der Waals surface area contributed by atoms with Gasteiger partial charge in [-0.05, 0) is 68.1 Å². The normalized spacial score (nSPS) is 18.4. The highest BCUT2D eigenvalue weighted by atomic mass is 32.2. The topological polar surface area (TPSA) is 134 Å². The van der Waals surface area contributed by atoms with Crippen molar-refractivity contribution < 1.29 is 39.6 Å². The molecule has 15 heteroatoms. The van der Waals surface area contributed by atoms with Crippen LogP contribution in [0.15, 0.2) is 87.7 Å². The minimum atomic E-state index is -5.07. The van der Waals surface area contributed by atoms with E-state index in [1.807, 2.05) is 0 Å². The number of carbonyl (C=O) groups excluding carboxylic acids is 2. The molecule has 2 aliphatic rings. The Bertz CT molecular complexity index is 1750. The number of nitrogens with one attached hydrogen (secondary N) is 1. The molecule has 0 bridgehead atoms. The molecule has 2 aliphatic heterocycles. The Morgan fingerprint density at radius 3 is 2.14 bits per heavy atom. The number of likely N-dealkylation sites (tertiary alicyclic amines) is 2. The number of hydrogen-bond acceptors (Lipinski definition) is 7. The SMILES string of the molecule is O=C([C@@H]1CCCN1C(=O)c1ccncc1)N1CCC(NS(=O)(=O)c2cc(S(=O)(=O)c3ccccc3)ccc2C(F)(F)F)CC1. The smallest absolute Gasteiger partial charge is 0.341 e. The minimum Gasteiger partial charge on any atom is -0.341 e. The maximum Gasteiger partial charge on any atom is 0.417 e. The van der Waals surface area contributed by atoms with Gasteiger partial charge in [-0.1, -0.05) is 18.2 Å². The summed E-state index contributed by atoms with van der Waals surface area (Å²) in [6.07, 6.45) is -0.757. The van der Waals surface area contributed by atoms with E-state index in [9.17, 15) is 39.6 Å². The van der Waals surface area contributed by atoms with E-state index in [4.69, 9.17) is 0 Å². The quantitative estimate of drug-likeness (QED) is 0.414. The van der Waals surface area contributed by atoms with Crippen LogP contribution in [0, 0.1) is 0 Å². The van der Waals surface area contributed by atoms with Gasteiger partial charge in [0.05, 0.1) is 20.2 Å². The fourth-order valence-corrected chi connectivity index (χ4v) is 8.44. The van der Waals surface area contributed by atoms with Gasteiger partial charge in [0.2, 0.25) is 25.8 Å². The fourth-order valence-electron chi connectivity index (χ4n) is 5.50. The van der Waals surface area contributed by atoms with Crippen molar-refractivity contribution in [3.63, 3.8) is 0 Å². The van der Waals surface area contributed by atoms with E-state index in [1.165, 1.54) is 46.5 Å². The molecule has 3 heterocycles. The second-order valence-electron chi connectivity index (χ2n) is 10.6. The second kappa shape index (κ2) is 12.3. The van der Waals surface area contributed by atoms with Crippen molar-refractivity contribution in [1.29, 1.82) is 0 Å². The number of rotatable bonds is 7. The largest absolute Gasteiger partial charge is 0.417 e. The lowest BCUT2D eigenvalue weighted by molar-refractivity contribution is -0.140. The Balaban J connectivity index is 1.30. The molecule has 2 aromatic carbocycles. The summed E-state index contributed by atoms with van der Waals surface area (Å²) in [5.41, 5.74) is -1.09. The van der Waals surface area contributed by atoms with Crippen molar-refractivity contribution in [2.45, 2.75) is 58.6 Å². The molecular weight excluding hydrogens is 621 g/mol. The summed E-state index contributed by atoms with van der Waals surface area (Å²) < 4.78 is 96.7. The number of halogens is 3. The third-order valence-electron chi connectivity index (χ3n) is 7.77. The predicted molar refractivity (Wildman–Crippen MR) is 152 cm³/mol. The number of pyridine rings is 1. The van der Waals surface area contributed by atoms with Crippen LogP contribution in [0.2, 0.25) is 0 Å². The lowest BCUT2D eigenvalue weighted by atomic mass is 10.0. The maximum absolute atomic E-state index is 13.9. The molecule has 5 rings (SSSR count). The van der Waals surface area contributed by atoms with E-state index in [2.05, 4.69) is 9.71 Å². The Labute approximate surface area is 252 Å². The average Bonchev–Trinajstić information content (AvgIpc) is 3.51. The standard InChI is InChI=1S/C29H29F3N4O6S2/c30-29(31,32)24-9-8-23(43(39,40)22-5-2-1-3-6-22)19-26(24)44(41,42)34-21-12-17-35(18-13-21)28(38)25-7-4-16-36(25)27(37)20-10-14-33-15-11-20/h1-3,5-6,8-11,14-15,19,21,25,34H,4,7,12-13,16-18H2/t25-/m0/s1. The van der Waals surface area contributed by atoms with Crippen LogP contribution in [0.3, 0.4) is 0 Å². The van der Waals surface area contributed by atoms with E-state index in [0.717, 1.165) is 6.07 Å². The van der Waals surface area contributed by atoms with Gasteiger partial charge in [0.1, 0.15) is 6.04 Å². The highest BCUT2D eigenvalue weighted by Gasteiger charge is 2.41. The Morgan fingerprint density at radius 1 is 0.841 bits per heavy atom. The zero-order chi connectivity index (χ0) is 31.7. The molecule has 0 unspecified atom stereocenters. The molecule has 0 saturated carbocycles. The van der Waals surface area contributed by atoms with Crippen LogP contribution in [-0.4, -0.2) is 75.2 Å². The van der Waals surface area contributed by atoms with Crippen LogP contribution in [0.4, 0.5) is 13.2 Å². The van der Waals surface area contributed by atoms with E-state index < -0.39 is 53.5 Å². The van der Waals surface area contributed by atoms with Crippen LogP contribution in [-0.2, 0) is 30.8 Å². The molecule has 3 aromatic rings. The van der Waals surface area contributed by atoms with Gasteiger partial charge < -0.3 is 9.80 Å². The molecule has 234 valence electrons. The fraction of sp³-hybridized carbons (Fsp3) is 0.345. The summed E-state index contributed by atoms with van der Waals surface area (Å²) >= 11 is 0. The van der Waals surface area contributed by atoms with Gasteiger partial charge in [-0.2, -0.15) is 13.2 Å². The van der Waals surface area contributed by atoms with E-state index >= 15 is 0 Å². The average molecular weight is 651 g/mol. The van der Waals surface area contributed by atoms with Gasteiger partial charge in [0, 0.05) is 43.6 Å². The maximum atomic E-state index is 13.9. The van der Waals surface area contributed by atoms with Crippen LogP contribution in [0.1, 0.15) is 41.6 Å². The molecule has 2 fully saturated rings. The van der Waals surface area contributed by atoms with Crippen molar-refractivity contribution in [3.8, 4) is 0 Å². The molecule has 0 aliphatic carbocycles. The van der Waals surface area contributed by atoms with Gasteiger partial charge in [-0.3, -0.25) is 14.6 Å². The lowest BCUT2D eigenvalue weighted by Crippen LogP contribution is -2.52. The van der Waals surface area contributed by atoms with Gasteiger partial charge in [-0.25, -0.2) is 21.6 Å². The van der Waals surface area contributed by atoms with Crippen molar-refractivity contribution >= 4 is 31.7 Å². The minimum absolute atomic E-state index is 0.110. The molecule has 1 atom stereocenters. The molecule has 1 aromatic heterocycles. The van der Waals surface area contributed by atoms with Crippen LogP contribution in [0.5, 0.6) is 0 Å². The van der Waals surface area contributed by atoms with Crippen molar-refractivity contribution in [2.24, 2.45) is 0 Å². The summed E-state index contributed by atoms with van der Waals surface area (Å²) in [7, 11) is -9.14. The predicted octanol–water partition coefficient (Wildman–Crippen LogP) is 3.51. The zero-order valence-corrected chi connectivity index (χ0v) is 24.9. The van der Waals surface area contributed by atoms with Gasteiger partial charge >= 0.3 is 6.18 Å². The van der Waals surface area contributed by atoms with Crippen molar-refractivity contribution in [1.82, 2.24) is 19.5 Å². The number of hydrogen-bond donors (Lipinski definition) is 1. The number of nitrogens with zero attached hydrogens (tertiary/aromatic N) is 3. The number of sulfonamides is 1. The number of sulfone groups is 1. The molecule has 0 radical (unpaired) electrons. The lowest BCUT2D eigenvalue weighted by Gasteiger charge is -2.35. The van der Waals surface area contributed by atoms with Gasteiger partial charge in [0.25, 0.3) is 5.91 Å². The van der Waals surface area contributed by atoms with E-state index in [0.29, 0.717) is 37.1 Å². The first kappa shape index (κ1) is 31.6. The number of piperidine rings is 1. The van der Waals surface area contributed by atoms with Crippen molar-refractivity contribution in [2.75, 3.05) is 19.6 Å². The highest BCUT2D eigenvalue weighted by Crippen LogP contribution is 2.36. The Hall–Kier alpha value is -3.82. The first-order valence-electron chi connectivity index (χ1n) is 13.8. The van der Waals surface area contributed by atoms with Crippen LogP contribution in [0.25, 0.3) is 0 Å². The molecule has 10 nitrogen and oxygen atoms in total. The molecule has 2 saturated heterocycles. The summed E-state index contributed by atoms with van der Waals surface area (Å²) in [4.78, 5) is 31.3. The first-order valence-corrected chi connectivity index (χ1v) is 16.8. The number of carbonyl (C=O) groups is 2. The Kier molecular flexibility index (Phi) is 8.82.